The van der Waals surface area contributed by atoms with Crippen LogP contribution < -0.4 is 11.2 Å². The molecule has 6 heteroatoms. The number of halogens is 3. The van der Waals surface area contributed by atoms with Gasteiger partial charge in [-0.1, -0.05) is 30.3 Å². The van der Waals surface area contributed by atoms with Crippen LogP contribution in [0.4, 0.5) is 13.2 Å². The minimum Gasteiger partial charge on any atom is -0.382 e. The second kappa shape index (κ2) is 4.70. The summed E-state index contributed by atoms with van der Waals surface area (Å²) < 4.78 is 34.7. The third-order valence-corrected chi connectivity index (χ3v) is 1.37. The molecule has 0 aliphatic heterocycles. The van der Waals surface area contributed by atoms with Gasteiger partial charge in [-0.05, 0) is 11.6 Å². The lowest BCUT2D eigenvalue weighted by Gasteiger charge is -2.05. The predicted molar refractivity (Wildman–Crippen MR) is 47.9 cm³/mol. The molecular formula is C9H8F3N2O. The lowest BCUT2D eigenvalue weighted by molar-refractivity contribution is -0.348. The maximum Gasteiger partial charge on any atom is 0.545 e. The number of nitrogens with zero attached hydrogens (tertiary/aromatic N) is 1. The molecule has 0 unspecified atom stereocenters. The third-order valence-electron chi connectivity index (χ3n) is 1.37. The van der Waals surface area contributed by atoms with Gasteiger partial charge in [-0.25, -0.2) is 0 Å². The lowest BCUT2D eigenvalue weighted by atomic mass is 10.2. The van der Waals surface area contributed by atoms with E-state index in [2.05, 4.69) is 10.3 Å². The monoisotopic (exact) mass is 217 g/mol. The van der Waals surface area contributed by atoms with Crippen LogP contribution in [0.1, 0.15) is 5.56 Å². The Bertz CT molecular complexity index is 335. The Morgan fingerprint density at radius 3 is 2.40 bits per heavy atom. The second-order valence-corrected chi connectivity index (χ2v) is 2.61. The van der Waals surface area contributed by atoms with Gasteiger partial charge in [0, 0.05) is 0 Å². The first-order valence-electron chi connectivity index (χ1n) is 3.95. The molecule has 1 aromatic carbocycles. The number of hydrogen-bond acceptors (Lipinski definition) is 2. The first-order chi connectivity index (χ1) is 6.97. The molecule has 0 atom stereocenters. The van der Waals surface area contributed by atoms with E-state index in [4.69, 9.17) is 5.73 Å². The van der Waals surface area contributed by atoms with Gasteiger partial charge in [-0.15, -0.1) is 23.5 Å². The summed E-state index contributed by atoms with van der Waals surface area (Å²) in [6.45, 7) is 0. The zero-order chi connectivity index (χ0) is 11.3. The maximum atomic E-state index is 11.6. The highest BCUT2D eigenvalue weighted by Gasteiger charge is 2.31. The van der Waals surface area contributed by atoms with Crippen molar-refractivity contribution >= 4 is 6.08 Å². The number of alkyl halides is 3. The molecule has 0 fully saturated rings. The molecule has 1 rings (SSSR count). The van der Waals surface area contributed by atoms with Gasteiger partial charge in [0.15, 0.2) is 5.82 Å². The van der Waals surface area contributed by atoms with E-state index in [-0.39, 0.29) is 5.82 Å². The maximum absolute atomic E-state index is 11.6. The van der Waals surface area contributed by atoms with Crippen LogP contribution in [0.2, 0.25) is 0 Å². The molecule has 81 valence electrons. The smallest absolute Gasteiger partial charge is 0.382 e. The topological polar surface area (TPSA) is 49.4 Å². The van der Waals surface area contributed by atoms with Crippen molar-refractivity contribution in [3.05, 3.63) is 41.7 Å². The van der Waals surface area contributed by atoms with Gasteiger partial charge < -0.3 is 5.73 Å². The van der Waals surface area contributed by atoms with Crippen molar-refractivity contribution in [1.29, 1.82) is 0 Å². The van der Waals surface area contributed by atoms with Gasteiger partial charge in [-0.3, -0.25) is 0 Å². The molecule has 0 aliphatic carbocycles. The molecule has 0 heterocycles. The second-order valence-electron chi connectivity index (χ2n) is 2.61. The Morgan fingerprint density at radius 1 is 1.27 bits per heavy atom. The van der Waals surface area contributed by atoms with Gasteiger partial charge in [-0.2, -0.15) is 0 Å². The Morgan fingerprint density at radius 2 is 1.87 bits per heavy atom. The van der Waals surface area contributed by atoms with Gasteiger partial charge in [0.25, 0.3) is 0 Å². The number of nitrogens with two attached hydrogens (primary N) is 1. The van der Waals surface area contributed by atoms with Crippen LogP contribution in [0.5, 0.6) is 0 Å². The third kappa shape index (κ3) is 4.92. The molecule has 15 heavy (non-hydrogen) atoms. The van der Waals surface area contributed by atoms with Crippen LogP contribution in [0, 0.1) is 0 Å². The van der Waals surface area contributed by atoms with Crippen molar-refractivity contribution in [2.75, 3.05) is 0 Å². The van der Waals surface area contributed by atoms with E-state index in [9.17, 15) is 13.2 Å². The van der Waals surface area contributed by atoms with Crippen molar-refractivity contribution in [3.63, 3.8) is 0 Å². The van der Waals surface area contributed by atoms with Crippen LogP contribution in [0.3, 0.4) is 0 Å². The Kier molecular flexibility index (Phi) is 3.56. The van der Waals surface area contributed by atoms with Crippen molar-refractivity contribution in [1.82, 2.24) is 5.48 Å². The van der Waals surface area contributed by atoms with Crippen molar-refractivity contribution in [2.45, 2.75) is 6.36 Å². The van der Waals surface area contributed by atoms with E-state index < -0.39 is 6.36 Å². The molecule has 0 aromatic heterocycles. The van der Waals surface area contributed by atoms with Gasteiger partial charge in [0.05, 0.1) is 0 Å². The summed E-state index contributed by atoms with van der Waals surface area (Å²) in [7, 11) is 0. The van der Waals surface area contributed by atoms with Crippen LogP contribution in [0.25, 0.3) is 6.08 Å². The summed E-state index contributed by atoms with van der Waals surface area (Å²) in [6.07, 6.45) is -3.54. The minimum atomic E-state index is -4.81. The summed E-state index contributed by atoms with van der Waals surface area (Å²) in [6, 6.07) is 8.58. The fourth-order valence-electron chi connectivity index (χ4n) is 0.851. The quantitative estimate of drug-likeness (QED) is 0.787. The molecule has 0 bridgehead atoms. The summed E-state index contributed by atoms with van der Waals surface area (Å²) in [5, 5.41) is 0. The van der Waals surface area contributed by atoms with Crippen molar-refractivity contribution in [2.24, 2.45) is 5.73 Å². The highest BCUT2D eigenvalue weighted by Crippen LogP contribution is 2.15. The fraction of sp³-hybridized carbons (Fsp3) is 0.111. The fourth-order valence-corrected chi connectivity index (χ4v) is 0.851. The molecule has 0 amide bonds. The van der Waals surface area contributed by atoms with Crippen LogP contribution in [-0.2, 0) is 4.84 Å². The SMILES string of the molecule is NC(=Cc1ccccc1)[N]OC(F)(F)F. The minimum absolute atomic E-state index is 0.349. The highest BCUT2D eigenvalue weighted by atomic mass is 19.4. The van der Waals surface area contributed by atoms with Crippen LogP contribution in [-0.4, -0.2) is 6.36 Å². The van der Waals surface area contributed by atoms with E-state index in [1.807, 2.05) is 0 Å². The van der Waals surface area contributed by atoms with E-state index >= 15 is 0 Å². The normalized spacial score (nSPS) is 12.6. The van der Waals surface area contributed by atoms with Gasteiger partial charge in [0.1, 0.15) is 0 Å². The van der Waals surface area contributed by atoms with Crippen LogP contribution in [0.15, 0.2) is 36.2 Å². The largest absolute Gasteiger partial charge is 0.545 e. The zero-order valence-corrected chi connectivity index (χ0v) is 7.53. The molecular weight excluding hydrogens is 209 g/mol. The van der Waals surface area contributed by atoms with Crippen molar-refractivity contribution in [3.8, 4) is 0 Å². The van der Waals surface area contributed by atoms with Crippen LogP contribution >= 0.6 is 0 Å². The summed E-state index contributed by atoms with van der Waals surface area (Å²) >= 11 is 0. The first kappa shape index (κ1) is 11.4. The molecule has 2 N–H and O–H groups in total. The van der Waals surface area contributed by atoms with Gasteiger partial charge >= 0.3 is 6.36 Å². The van der Waals surface area contributed by atoms with Gasteiger partial charge in [0.2, 0.25) is 0 Å². The number of rotatable bonds is 3. The van der Waals surface area contributed by atoms with E-state index in [0.29, 0.717) is 5.56 Å². The molecule has 1 radical (unpaired) electrons. The lowest BCUT2D eigenvalue weighted by Crippen LogP contribution is -2.23. The van der Waals surface area contributed by atoms with Crippen molar-refractivity contribution < 1.29 is 18.0 Å². The average molecular weight is 217 g/mol. The standard InChI is InChI=1S/C9H8F3N2O/c10-9(11,12)15-14-8(13)6-7-4-2-1-3-5-7/h1-6H,13H2. The van der Waals surface area contributed by atoms with E-state index in [0.717, 1.165) is 0 Å². The van der Waals surface area contributed by atoms with E-state index in [1.54, 1.807) is 30.3 Å². The Hall–Kier alpha value is -1.69. The molecule has 0 saturated carbocycles. The number of hydroxylamine groups is 1. The molecule has 0 saturated heterocycles. The predicted octanol–water partition coefficient (Wildman–Crippen LogP) is 2.00. The van der Waals surface area contributed by atoms with E-state index in [1.165, 1.54) is 6.08 Å². The Labute approximate surface area is 84.3 Å². The first-order valence-corrected chi connectivity index (χ1v) is 3.95. The summed E-state index contributed by atoms with van der Waals surface area (Å²) in [4.78, 5) is 3.20. The summed E-state index contributed by atoms with van der Waals surface area (Å²) in [5.41, 5.74) is 8.53. The molecule has 1 aromatic rings. The molecule has 0 spiro atoms. The Balaban J connectivity index is 2.54. The molecule has 0 aliphatic rings. The number of hydrogen-bond donors (Lipinski definition) is 1. The average Bonchev–Trinajstić information content (AvgIpc) is 2.15. The highest BCUT2D eigenvalue weighted by molar-refractivity contribution is 5.50. The zero-order valence-electron chi connectivity index (χ0n) is 7.53. The molecule has 3 nitrogen and oxygen atoms in total. The number of benzene rings is 1. The summed E-state index contributed by atoms with van der Waals surface area (Å²) in [5.74, 6) is -0.349.